The quantitative estimate of drug-likeness (QED) is 0.895. The van der Waals surface area contributed by atoms with Crippen LogP contribution in [0, 0.1) is 0 Å². The van der Waals surface area contributed by atoms with Gasteiger partial charge in [-0.15, -0.1) is 0 Å². The van der Waals surface area contributed by atoms with Crippen molar-refractivity contribution in [1.82, 2.24) is 20.4 Å². The van der Waals surface area contributed by atoms with E-state index in [-0.39, 0.29) is 12.1 Å². The maximum Gasteiger partial charge on any atom is 0.407 e. The highest BCUT2D eigenvalue weighted by Crippen LogP contribution is 2.23. The lowest BCUT2D eigenvalue weighted by molar-refractivity contribution is 0.0453. The van der Waals surface area contributed by atoms with Crippen LogP contribution < -0.4 is 5.32 Å². The van der Waals surface area contributed by atoms with Gasteiger partial charge in [0.15, 0.2) is 0 Å². The van der Waals surface area contributed by atoms with Crippen molar-refractivity contribution in [3.05, 3.63) is 30.0 Å². The molecule has 2 N–H and O–H groups in total. The van der Waals surface area contributed by atoms with Crippen molar-refractivity contribution < 1.29 is 9.53 Å². The number of para-hydroxylation sites is 1. The molecule has 6 heteroatoms. The number of piperidine rings is 1. The molecular weight excluding hydrogens is 316 g/mol. The molecule has 1 aliphatic heterocycles. The molecule has 25 heavy (non-hydrogen) atoms. The number of alkyl carbamates (subject to hydrolysis) is 1. The minimum absolute atomic E-state index is 0.170. The van der Waals surface area contributed by atoms with Crippen molar-refractivity contribution in [2.24, 2.45) is 0 Å². The summed E-state index contributed by atoms with van der Waals surface area (Å²) in [4.78, 5) is 14.4. The number of aromatic amines is 1. The second-order valence-electron chi connectivity index (χ2n) is 7.94. The molecule has 2 atom stereocenters. The highest BCUT2D eigenvalue weighted by Gasteiger charge is 2.28. The number of carbonyl (C=O) groups is 1. The monoisotopic (exact) mass is 344 g/mol. The lowest BCUT2D eigenvalue weighted by Crippen LogP contribution is -2.49. The van der Waals surface area contributed by atoms with Crippen LogP contribution in [0.25, 0.3) is 10.9 Å². The molecule has 3 rings (SSSR count). The predicted octanol–water partition coefficient (Wildman–Crippen LogP) is 3.44. The van der Waals surface area contributed by atoms with Crippen LogP contribution in [0.2, 0.25) is 0 Å². The molecule has 0 bridgehead atoms. The van der Waals surface area contributed by atoms with Crippen LogP contribution >= 0.6 is 0 Å². The number of nitrogens with one attached hydrogen (secondary N) is 2. The molecule has 2 aromatic rings. The average Bonchev–Trinajstić information content (AvgIpc) is 2.97. The Morgan fingerprint density at radius 2 is 2.24 bits per heavy atom. The zero-order chi connectivity index (χ0) is 18.0. The maximum absolute atomic E-state index is 12.0. The van der Waals surface area contributed by atoms with Crippen LogP contribution in [-0.2, 0) is 11.3 Å². The number of likely N-dealkylation sites (tertiary alicyclic amines) is 1. The molecule has 2 heterocycles. The molecule has 1 fully saturated rings. The number of ether oxygens (including phenoxy) is 1. The maximum atomic E-state index is 12.0. The molecule has 1 aromatic heterocycles. The molecule has 1 aromatic carbocycles. The fourth-order valence-electron chi connectivity index (χ4n) is 3.44. The number of hydrogen-bond acceptors (Lipinski definition) is 4. The summed E-state index contributed by atoms with van der Waals surface area (Å²) < 4.78 is 5.36. The largest absolute Gasteiger partial charge is 0.444 e. The number of H-pyrrole nitrogens is 1. The summed E-state index contributed by atoms with van der Waals surface area (Å²) in [7, 11) is 0. The number of fused-ring (bicyclic) bond motifs is 1. The van der Waals surface area contributed by atoms with E-state index >= 15 is 0 Å². The second-order valence-corrected chi connectivity index (χ2v) is 7.94. The van der Waals surface area contributed by atoms with Crippen LogP contribution in [0.3, 0.4) is 0 Å². The van der Waals surface area contributed by atoms with Crippen LogP contribution in [0.5, 0.6) is 0 Å². The molecule has 0 saturated carbocycles. The van der Waals surface area contributed by atoms with E-state index < -0.39 is 5.60 Å². The van der Waals surface area contributed by atoms with E-state index in [9.17, 15) is 4.79 Å². The van der Waals surface area contributed by atoms with Gasteiger partial charge in [0.25, 0.3) is 0 Å². The summed E-state index contributed by atoms with van der Waals surface area (Å²) in [6.45, 7) is 9.71. The van der Waals surface area contributed by atoms with Gasteiger partial charge in [-0.3, -0.25) is 10.00 Å². The van der Waals surface area contributed by atoms with E-state index in [0.29, 0.717) is 6.04 Å². The number of amides is 1. The van der Waals surface area contributed by atoms with Crippen molar-refractivity contribution in [2.75, 3.05) is 6.54 Å². The lowest BCUT2D eigenvalue weighted by Gasteiger charge is -2.38. The molecule has 6 nitrogen and oxygen atoms in total. The third kappa shape index (κ3) is 4.51. The first-order valence-corrected chi connectivity index (χ1v) is 8.96. The van der Waals surface area contributed by atoms with Crippen molar-refractivity contribution in [3.63, 3.8) is 0 Å². The minimum Gasteiger partial charge on any atom is -0.444 e. The van der Waals surface area contributed by atoms with Gasteiger partial charge in [-0.1, -0.05) is 18.2 Å². The Hall–Kier alpha value is -2.08. The van der Waals surface area contributed by atoms with Gasteiger partial charge < -0.3 is 10.1 Å². The standard InChI is InChI=1S/C19H28N4O2/c1-13-10-16(21-18(24)25-19(2,3)4)8-9-23(13)12-15-7-5-6-14-11-20-22-17(14)15/h5-7,11,13,16H,8-10,12H2,1-4H3,(H,20,22)(H,21,24)/t13-,16+/m0/s1. The Kier molecular flexibility index (Phi) is 4.99. The van der Waals surface area contributed by atoms with Crippen molar-refractivity contribution >= 4 is 17.0 Å². The smallest absolute Gasteiger partial charge is 0.407 e. The number of hydrogen-bond donors (Lipinski definition) is 2. The van der Waals surface area contributed by atoms with Gasteiger partial charge in [0.1, 0.15) is 5.60 Å². The summed E-state index contributed by atoms with van der Waals surface area (Å²) in [6.07, 6.45) is 3.40. The Balaban J connectivity index is 1.57. The van der Waals surface area contributed by atoms with Crippen LogP contribution in [0.4, 0.5) is 4.79 Å². The fraction of sp³-hybridized carbons (Fsp3) is 0.579. The Morgan fingerprint density at radius 1 is 1.44 bits per heavy atom. The molecule has 0 radical (unpaired) electrons. The number of benzene rings is 1. The van der Waals surface area contributed by atoms with Crippen molar-refractivity contribution in [1.29, 1.82) is 0 Å². The van der Waals surface area contributed by atoms with Gasteiger partial charge in [0.2, 0.25) is 0 Å². The van der Waals surface area contributed by atoms with E-state index in [2.05, 4.69) is 45.5 Å². The molecule has 1 amide bonds. The van der Waals surface area contributed by atoms with E-state index in [0.717, 1.165) is 36.8 Å². The second kappa shape index (κ2) is 7.04. The number of rotatable bonds is 3. The van der Waals surface area contributed by atoms with Gasteiger partial charge in [0, 0.05) is 30.6 Å². The lowest BCUT2D eigenvalue weighted by atomic mass is 9.97. The summed E-state index contributed by atoms with van der Waals surface area (Å²) >= 11 is 0. The highest BCUT2D eigenvalue weighted by atomic mass is 16.6. The van der Waals surface area contributed by atoms with Gasteiger partial charge in [-0.2, -0.15) is 5.10 Å². The van der Waals surface area contributed by atoms with E-state index in [1.165, 1.54) is 5.56 Å². The molecule has 136 valence electrons. The molecule has 0 aliphatic carbocycles. The first-order chi connectivity index (χ1) is 11.8. The normalized spacial score (nSPS) is 22.1. The molecule has 0 spiro atoms. The highest BCUT2D eigenvalue weighted by molar-refractivity contribution is 5.81. The topological polar surface area (TPSA) is 70.2 Å². The number of carbonyl (C=O) groups excluding carboxylic acids is 1. The van der Waals surface area contributed by atoms with E-state index in [1.807, 2.05) is 27.0 Å². The summed E-state index contributed by atoms with van der Waals surface area (Å²) in [5, 5.41) is 11.4. The zero-order valence-electron chi connectivity index (χ0n) is 15.5. The third-order valence-electron chi connectivity index (χ3n) is 4.67. The molecule has 0 unspecified atom stereocenters. The summed E-state index contributed by atoms with van der Waals surface area (Å²) in [6, 6.07) is 6.87. The van der Waals surface area contributed by atoms with Crippen LogP contribution in [0.15, 0.2) is 24.4 Å². The average molecular weight is 344 g/mol. The zero-order valence-corrected chi connectivity index (χ0v) is 15.5. The van der Waals surface area contributed by atoms with Gasteiger partial charge in [-0.05, 0) is 46.1 Å². The van der Waals surface area contributed by atoms with Crippen LogP contribution in [0.1, 0.15) is 46.1 Å². The molecule has 1 aliphatic rings. The van der Waals surface area contributed by atoms with Gasteiger partial charge in [0.05, 0.1) is 11.7 Å². The first kappa shape index (κ1) is 17.7. The van der Waals surface area contributed by atoms with Crippen molar-refractivity contribution in [2.45, 2.75) is 64.8 Å². The van der Waals surface area contributed by atoms with Gasteiger partial charge in [-0.25, -0.2) is 4.79 Å². The SMILES string of the molecule is C[C@H]1C[C@H](NC(=O)OC(C)(C)C)CCN1Cc1cccc2cn[nH]c12. The third-order valence-corrected chi connectivity index (χ3v) is 4.67. The fourth-order valence-corrected chi connectivity index (χ4v) is 3.44. The Bertz CT molecular complexity index is 734. The van der Waals surface area contributed by atoms with Crippen LogP contribution in [-0.4, -0.2) is 45.4 Å². The Morgan fingerprint density at radius 3 is 2.96 bits per heavy atom. The number of aromatic nitrogens is 2. The van der Waals surface area contributed by atoms with E-state index in [4.69, 9.17) is 4.74 Å². The number of nitrogens with zero attached hydrogens (tertiary/aromatic N) is 2. The molecular formula is C19H28N4O2. The minimum atomic E-state index is -0.459. The van der Waals surface area contributed by atoms with E-state index in [1.54, 1.807) is 0 Å². The predicted molar refractivity (Wildman–Crippen MR) is 98.4 cm³/mol. The molecule has 1 saturated heterocycles. The Labute approximate surface area is 148 Å². The summed E-state index contributed by atoms with van der Waals surface area (Å²) in [5.74, 6) is 0. The summed E-state index contributed by atoms with van der Waals surface area (Å²) in [5.41, 5.74) is 1.92. The first-order valence-electron chi connectivity index (χ1n) is 8.96. The van der Waals surface area contributed by atoms with Gasteiger partial charge >= 0.3 is 6.09 Å². The van der Waals surface area contributed by atoms with Crippen molar-refractivity contribution in [3.8, 4) is 0 Å².